The summed E-state index contributed by atoms with van der Waals surface area (Å²) in [6, 6.07) is 8.82. The van der Waals surface area contributed by atoms with Crippen molar-refractivity contribution in [2.75, 3.05) is 5.32 Å². The van der Waals surface area contributed by atoms with Gasteiger partial charge in [-0.1, -0.05) is 24.6 Å². The summed E-state index contributed by atoms with van der Waals surface area (Å²) in [6.07, 6.45) is 4.58. The van der Waals surface area contributed by atoms with Crippen molar-refractivity contribution in [3.63, 3.8) is 0 Å². The fourth-order valence-corrected chi connectivity index (χ4v) is 3.07. The predicted octanol–water partition coefficient (Wildman–Crippen LogP) is 2.56. The van der Waals surface area contributed by atoms with Gasteiger partial charge >= 0.3 is 0 Å². The Morgan fingerprint density at radius 2 is 2.13 bits per heavy atom. The third-order valence-electron chi connectivity index (χ3n) is 3.80. The molecule has 1 fully saturated rings. The van der Waals surface area contributed by atoms with Crippen LogP contribution in [0, 0.1) is 5.92 Å². The molecule has 2 aliphatic rings. The molecule has 1 aromatic carbocycles. The molecule has 0 radical (unpaired) electrons. The number of hydrogen-bond donors (Lipinski definition) is 1. The van der Waals surface area contributed by atoms with E-state index in [0.29, 0.717) is 12.0 Å². The Bertz CT molecular complexity index is 388. The normalized spacial score (nSPS) is 32.7. The number of fused-ring (bicyclic) bond motifs is 3. The van der Waals surface area contributed by atoms with Crippen LogP contribution in [-0.4, -0.2) is 12.3 Å². The first-order valence-electron chi connectivity index (χ1n) is 5.71. The molecule has 3 atom stereocenters. The Balaban J connectivity index is 1.98. The second kappa shape index (κ2) is 3.37. The van der Waals surface area contributed by atoms with Gasteiger partial charge in [-0.25, -0.2) is 0 Å². The number of rotatable bonds is 1. The van der Waals surface area contributed by atoms with Crippen LogP contribution in [-0.2, 0) is 4.79 Å². The zero-order chi connectivity index (χ0) is 10.3. The highest BCUT2D eigenvalue weighted by atomic mass is 16.1. The molecule has 0 spiro atoms. The summed E-state index contributed by atoms with van der Waals surface area (Å²) in [7, 11) is 0. The highest BCUT2D eigenvalue weighted by Crippen LogP contribution is 2.45. The quantitative estimate of drug-likeness (QED) is 0.707. The largest absolute Gasteiger partial charge is 0.381 e. The van der Waals surface area contributed by atoms with Crippen LogP contribution in [0.3, 0.4) is 0 Å². The lowest BCUT2D eigenvalue weighted by Crippen LogP contribution is -2.34. The van der Waals surface area contributed by atoms with Gasteiger partial charge < -0.3 is 10.1 Å². The summed E-state index contributed by atoms with van der Waals surface area (Å²) >= 11 is 0. The summed E-state index contributed by atoms with van der Waals surface area (Å²) in [5.41, 5.74) is 2.65. The molecular weight excluding hydrogens is 186 g/mol. The van der Waals surface area contributed by atoms with Crippen LogP contribution in [0.1, 0.15) is 30.7 Å². The number of carbonyl (C=O) groups excluding carboxylic acids is 1. The van der Waals surface area contributed by atoms with Crippen LogP contribution in [0.2, 0.25) is 0 Å². The molecule has 1 saturated carbocycles. The first-order valence-corrected chi connectivity index (χ1v) is 5.71. The smallest absolute Gasteiger partial charge is 0.125 e. The number of anilines is 1. The number of nitrogens with one attached hydrogen (secondary N) is 1. The minimum atomic E-state index is 0.205. The molecule has 2 heteroatoms. The molecule has 78 valence electrons. The molecule has 1 aliphatic heterocycles. The van der Waals surface area contributed by atoms with Crippen LogP contribution in [0.5, 0.6) is 0 Å². The van der Waals surface area contributed by atoms with E-state index in [1.807, 2.05) is 0 Å². The third kappa shape index (κ3) is 1.28. The molecule has 0 amide bonds. The first-order chi connectivity index (χ1) is 7.40. The van der Waals surface area contributed by atoms with Crippen LogP contribution in [0.15, 0.2) is 24.3 Å². The minimum absolute atomic E-state index is 0.205. The molecule has 1 N–H and O–H groups in total. The van der Waals surface area contributed by atoms with Crippen LogP contribution in [0.25, 0.3) is 0 Å². The average Bonchev–Trinajstić information content (AvgIpc) is 2.67. The lowest BCUT2D eigenvalue weighted by Gasteiger charge is -2.30. The maximum absolute atomic E-state index is 11.0. The third-order valence-corrected chi connectivity index (χ3v) is 3.80. The zero-order valence-electron chi connectivity index (χ0n) is 8.65. The number of para-hydroxylation sites is 1. The molecular formula is C13H15NO. The van der Waals surface area contributed by atoms with Crippen molar-refractivity contribution in [2.24, 2.45) is 5.92 Å². The summed E-state index contributed by atoms with van der Waals surface area (Å²) in [5.74, 6) is 0.765. The van der Waals surface area contributed by atoms with Gasteiger partial charge in [-0.2, -0.15) is 0 Å². The van der Waals surface area contributed by atoms with E-state index in [0.717, 1.165) is 12.7 Å². The van der Waals surface area contributed by atoms with Crippen molar-refractivity contribution in [1.29, 1.82) is 0 Å². The summed E-state index contributed by atoms with van der Waals surface area (Å²) in [4.78, 5) is 11.0. The van der Waals surface area contributed by atoms with Gasteiger partial charge in [-0.05, 0) is 24.5 Å². The number of carbonyl (C=O) groups is 1. The van der Waals surface area contributed by atoms with E-state index in [2.05, 4.69) is 29.6 Å². The minimum Gasteiger partial charge on any atom is -0.381 e. The molecule has 3 unspecified atom stereocenters. The van der Waals surface area contributed by atoms with Crippen molar-refractivity contribution >= 4 is 12.0 Å². The second-order valence-corrected chi connectivity index (χ2v) is 4.59. The monoisotopic (exact) mass is 201 g/mol. The topological polar surface area (TPSA) is 29.1 Å². The van der Waals surface area contributed by atoms with Crippen LogP contribution in [0.4, 0.5) is 5.69 Å². The Morgan fingerprint density at radius 3 is 3.00 bits per heavy atom. The summed E-state index contributed by atoms with van der Waals surface area (Å²) < 4.78 is 0. The maximum Gasteiger partial charge on any atom is 0.125 e. The van der Waals surface area contributed by atoms with Crippen molar-refractivity contribution in [3.05, 3.63) is 29.8 Å². The van der Waals surface area contributed by atoms with Crippen molar-refractivity contribution < 1.29 is 4.79 Å². The van der Waals surface area contributed by atoms with Gasteiger partial charge in [-0.3, -0.25) is 0 Å². The van der Waals surface area contributed by atoms with E-state index in [4.69, 9.17) is 0 Å². The number of hydrogen-bond acceptors (Lipinski definition) is 2. The molecule has 0 aromatic heterocycles. The molecule has 3 rings (SSSR count). The van der Waals surface area contributed by atoms with Crippen LogP contribution >= 0.6 is 0 Å². The Kier molecular flexibility index (Phi) is 2.01. The van der Waals surface area contributed by atoms with E-state index >= 15 is 0 Å². The Labute approximate surface area is 89.7 Å². The predicted molar refractivity (Wildman–Crippen MR) is 60.0 cm³/mol. The highest BCUT2D eigenvalue weighted by molar-refractivity contribution is 5.65. The lowest BCUT2D eigenvalue weighted by atomic mass is 9.77. The van der Waals surface area contributed by atoms with Gasteiger partial charge in [-0.15, -0.1) is 0 Å². The van der Waals surface area contributed by atoms with Gasteiger partial charge in [0, 0.05) is 23.6 Å². The van der Waals surface area contributed by atoms with Gasteiger partial charge in [0.2, 0.25) is 0 Å². The highest BCUT2D eigenvalue weighted by Gasteiger charge is 2.39. The van der Waals surface area contributed by atoms with Crippen molar-refractivity contribution in [1.82, 2.24) is 0 Å². The van der Waals surface area contributed by atoms with E-state index in [-0.39, 0.29) is 5.92 Å². The van der Waals surface area contributed by atoms with E-state index < -0.39 is 0 Å². The van der Waals surface area contributed by atoms with Gasteiger partial charge in [0.25, 0.3) is 0 Å². The molecule has 1 aromatic rings. The van der Waals surface area contributed by atoms with Gasteiger partial charge in [0.1, 0.15) is 6.29 Å². The summed E-state index contributed by atoms with van der Waals surface area (Å²) in [6.45, 7) is 0. The SMILES string of the molecule is O=CC1CCCC2c3ccccc3NC12. The fourth-order valence-electron chi connectivity index (χ4n) is 3.07. The number of benzene rings is 1. The number of aldehydes is 1. The van der Waals surface area contributed by atoms with E-state index in [1.165, 1.54) is 24.1 Å². The molecule has 15 heavy (non-hydrogen) atoms. The van der Waals surface area contributed by atoms with Gasteiger partial charge in [0.05, 0.1) is 0 Å². The van der Waals surface area contributed by atoms with Crippen molar-refractivity contribution in [3.8, 4) is 0 Å². The molecule has 1 heterocycles. The lowest BCUT2D eigenvalue weighted by molar-refractivity contribution is -0.112. The molecule has 2 nitrogen and oxygen atoms in total. The zero-order valence-corrected chi connectivity index (χ0v) is 8.65. The Hall–Kier alpha value is -1.31. The molecule has 0 bridgehead atoms. The second-order valence-electron chi connectivity index (χ2n) is 4.59. The summed E-state index contributed by atoms with van der Waals surface area (Å²) in [5, 5.41) is 3.51. The van der Waals surface area contributed by atoms with Crippen LogP contribution < -0.4 is 5.32 Å². The first kappa shape index (κ1) is 8.96. The van der Waals surface area contributed by atoms with E-state index in [9.17, 15) is 4.79 Å². The average molecular weight is 201 g/mol. The Morgan fingerprint density at radius 1 is 1.27 bits per heavy atom. The fraction of sp³-hybridized carbons (Fsp3) is 0.462. The molecule has 0 saturated heterocycles. The van der Waals surface area contributed by atoms with Gasteiger partial charge in [0.15, 0.2) is 0 Å². The maximum atomic E-state index is 11.0. The standard InChI is InChI=1S/C13H15NO/c15-8-9-4-3-6-11-10-5-1-2-7-12(10)14-13(9)11/h1-2,5,7-9,11,13-14H,3-4,6H2. The van der Waals surface area contributed by atoms with Crippen molar-refractivity contribution in [2.45, 2.75) is 31.2 Å². The van der Waals surface area contributed by atoms with E-state index in [1.54, 1.807) is 0 Å². The molecule has 1 aliphatic carbocycles.